The molecule has 0 aliphatic carbocycles. The molecule has 1 aromatic carbocycles. The number of imidazole rings is 1. The molecule has 38 heavy (non-hydrogen) atoms. The van der Waals surface area contributed by atoms with Gasteiger partial charge in [-0.25, -0.2) is 23.4 Å². The van der Waals surface area contributed by atoms with Crippen LogP contribution in [0.1, 0.15) is 55.6 Å². The second-order valence-electron chi connectivity index (χ2n) is 10.8. The SMILES string of the molecule is Cc1nc2c(Nc3ccc([C@H]4CCC(C)(C)CO4)cc3S(C)(=O)=O)cc(Nc3cnc(C)c(C)n3)nc2[nH]1. The Labute approximate surface area is 222 Å². The number of aromatic amines is 1. The van der Waals surface area contributed by atoms with E-state index in [0.717, 1.165) is 29.8 Å². The molecular weight excluding hydrogens is 502 g/mol. The minimum atomic E-state index is -3.55. The third-order valence-corrected chi connectivity index (χ3v) is 7.96. The molecule has 0 unspecified atom stereocenters. The summed E-state index contributed by atoms with van der Waals surface area (Å²) in [5.41, 5.74) is 4.87. The largest absolute Gasteiger partial charge is 0.373 e. The summed E-state index contributed by atoms with van der Waals surface area (Å²) in [4.78, 5) is 21.5. The van der Waals surface area contributed by atoms with Gasteiger partial charge in [0.25, 0.3) is 0 Å². The predicted molar refractivity (Wildman–Crippen MR) is 148 cm³/mol. The van der Waals surface area contributed by atoms with E-state index in [9.17, 15) is 8.42 Å². The van der Waals surface area contributed by atoms with Gasteiger partial charge in [-0.05, 0) is 56.7 Å². The molecule has 4 heterocycles. The summed E-state index contributed by atoms with van der Waals surface area (Å²) in [6, 6.07) is 7.23. The van der Waals surface area contributed by atoms with Crippen molar-refractivity contribution in [3.63, 3.8) is 0 Å². The van der Waals surface area contributed by atoms with Gasteiger partial charge in [-0.15, -0.1) is 0 Å². The highest BCUT2D eigenvalue weighted by molar-refractivity contribution is 7.90. The van der Waals surface area contributed by atoms with Gasteiger partial charge >= 0.3 is 0 Å². The van der Waals surface area contributed by atoms with E-state index in [0.29, 0.717) is 46.6 Å². The first-order valence-electron chi connectivity index (χ1n) is 12.6. The molecule has 1 aliphatic rings. The van der Waals surface area contributed by atoms with Gasteiger partial charge < -0.3 is 20.4 Å². The smallest absolute Gasteiger partial charge is 0.177 e. The van der Waals surface area contributed by atoms with Crippen LogP contribution in [-0.4, -0.2) is 46.2 Å². The second-order valence-corrected chi connectivity index (χ2v) is 12.8. The van der Waals surface area contributed by atoms with E-state index >= 15 is 0 Å². The van der Waals surface area contributed by atoms with Gasteiger partial charge in [0.15, 0.2) is 15.5 Å². The lowest BCUT2D eigenvalue weighted by Crippen LogP contribution is -2.27. The van der Waals surface area contributed by atoms with Crippen LogP contribution in [0, 0.1) is 26.2 Å². The number of nitrogens with zero attached hydrogens (tertiary/aromatic N) is 4. The van der Waals surface area contributed by atoms with Crippen LogP contribution in [0.15, 0.2) is 35.4 Å². The molecule has 1 atom stereocenters. The lowest BCUT2D eigenvalue weighted by Gasteiger charge is -2.34. The Morgan fingerprint density at radius 3 is 2.47 bits per heavy atom. The standard InChI is InChI=1S/C27H33N7O3S/c1-15-16(2)29-24(13-28-15)33-23-12-20(25-26(34-23)31-17(3)30-25)32-19-8-7-18(11-22(19)38(6,35)36)21-9-10-27(4,5)14-37-21/h7-8,11-13,21H,9-10,14H2,1-6H3,(H3,29,30,31,32,33,34)/t21-/m1/s1. The summed E-state index contributed by atoms with van der Waals surface area (Å²) < 4.78 is 31.8. The van der Waals surface area contributed by atoms with E-state index in [1.54, 1.807) is 24.4 Å². The summed E-state index contributed by atoms with van der Waals surface area (Å²) in [5.74, 6) is 1.76. The number of aryl methyl sites for hydroxylation is 3. The van der Waals surface area contributed by atoms with Crippen LogP contribution >= 0.6 is 0 Å². The highest BCUT2D eigenvalue weighted by Gasteiger charge is 2.29. The summed E-state index contributed by atoms with van der Waals surface area (Å²) in [5, 5.41) is 6.50. The number of hydrogen-bond acceptors (Lipinski definition) is 9. The molecule has 0 saturated carbocycles. The quantitative estimate of drug-likeness (QED) is 0.295. The van der Waals surface area contributed by atoms with Gasteiger partial charge in [-0.1, -0.05) is 19.9 Å². The van der Waals surface area contributed by atoms with E-state index in [2.05, 4.69) is 49.4 Å². The number of aromatic nitrogens is 5. The van der Waals surface area contributed by atoms with Crippen LogP contribution in [-0.2, 0) is 14.6 Å². The van der Waals surface area contributed by atoms with Crippen LogP contribution in [0.3, 0.4) is 0 Å². The van der Waals surface area contributed by atoms with E-state index in [1.807, 2.05) is 26.8 Å². The van der Waals surface area contributed by atoms with Gasteiger partial charge in [0.05, 0.1) is 46.6 Å². The van der Waals surface area contributed by atoms with E-state index in [-0.39, 0.29) is 16.4 Å². The summed E-state index contributed by atoms with van der Waals surface area (Å²) in [6.45, 7) is 10.6. The monoisotopic (exact) mass is 535 g/mol. The van der Waals surface area contributed by atoms with E-state index in [1.165, 1.54) is 6.26 Å². The first kappa shape index (κ1) is 26.1. The molecule has 1 saturated heterocycles. The van der Waals surface area contributed by atoms with Crippen molar-refractivity contribution in [1.82, 2.24) is 24.9 Å². The Hall–Kier alpha value is -3.57. The van der Waals surface area contributed by atoms with Crippen LogP contribution in [0.2, 0.25) is 0 Å². The van der Waals surface area contributed by atoms with Crippen molar-refractivity contribution in [3.05, 3.63) is 53.2 Å². The molecule has 200 valence electrons. The fourth-order valence-electron chi connectivity index (χ4n) is 4.56. The fourth-order valence-corrected chi connectivity index (χ4v) is 5.43. The Bertz CT molecular complexity index is 1620. The number of ether oxygens (including phenoxy) is 1. The molecule has 4 aromatic rings. The second kappa shape index (κ2) is 9.63. The van der Waals surface area contributed by atoms with E-state index < -0.39 is 9.84 Å². The average molecular weight is 536 g/mol. The van der Waals surface area contributed by atoms with Gasteiger partial charge in [0.1, 0.15) is 23.0 Å². The van der Waals surface area contributed by atoms with Crippen LogP contribution in [0.25, 0.3) is 11.2 Å². The molecule has 0 amide bonds. The fraction of sp³-hybridized carbons (Fsp3) is 0.407. The predicted octanol–water partition coefficient (Wildman–Crippen LogP) is 5.44. The number of anilines is 4. The van der Waals surface area contributed by atoms with Gasteiger partial charge in [0, 0.05) is 12.3 Å². The Morgan fingerprint density at radius 2 is 1.79 bits per heavy atom. The number of H-pyrrole nitrogens is 1. The molecule has 0 radical (unpaired) electrons. The molecule has 0 bridgehead atoms. The highest BCUT2D eigenvalue weighted by atomic mass is 32.2. The number of pyridine rings is 1. The maximum absolute atomic E-state index is 12.9. The van der Waals surface area contributed by atoms with Gasteiger partial charge in [0.2, 0.25) is 0 Å². The third kappa shape index (κ3) is 5.48. The number of benzene rings is 1. The first-order chi connectivity index (χ1) is 17.9. The number of rotatable bonds is 6. The van der Waals surface area contributed by atoms with Crippen molar-refractivity contribution < 1.29 is 13.2 Å². The van der Waals surface area contributed by atoms with Crippen LogP contribution in [0.4, 0.5) is 23.0 Å². The molecular formula is C27H33N7O3S. The Morgan fingerprint density at radius 1 is 1.00 bits per heavy atom. The topological polar surface area (TPSA) is 135 Å². The lowest BCUT2D eigenvalue weighted by molar-refractivity contribution is -0.0499. The zero-order valence-corrected chi connectivity index (χ0v) is 23.3. The first-order valence-corrected chi connectivity index (χ1v) is 14.4. The minimum Gasteiger partial charge on any atom is -0.373 e. The van der Waals surface area contributed by atoms with Crippen molar-refractivity contribution in [3.8, 4) is 0 Å². The molecule has 3 aromatic heterocycles. The third-order valence-electron chi connectivity index (χ3n) is 6.82. The van der Waals surface area contributed by atoms with Crippen LogP contribution in [0.5, 0.6) is 0 Å². The van der Waals surface area contributed by atoms with Crippen molar-refractivity contribution >= 4 is 44.0 Å². The highest BCUT2D eigenvalue weighted by Crippen LogP contribution is 2.39. The molecule has 1 fully saturated rings. The molecule has 0 spiro atoms. The molecule has 10 nitrogen and oxygen atoms in total. The molecule has 3 N–H and O–H groups in total. The number of sulfone groups is 1. The maximum atomic E-state index is 12.9. The maximum Gasteiger partial charge on any atom is 0.177 e. The van der Waals surface area contributed by atoms with Crippen molar-refractivity contribution in [2.24, 2.45) is 5.41 Å². The van der Waals surface area contributed by atoms with Crippen LogP contribution < -0.4 is 10.6 Å². The summed E-state index contributed by atoms with van der Waals surface area (Å²) in [6.07, 6.45) is 4.59. The summed E-state index contributed by atoms with van der Waals surface area (Å²) >= 11 is 0. The minimum absolute atomic E-state index is 0.126. The van der Waals surface area contributed by atoms with Crippen molar-refractivity contribution in [2.75, 3.05) is 23.5 Å². The zero-order chi connectivity index (χ0) is 27.2. The molecule has 5 rings (SSSR count). The van der Waals surface area contributed by atoms with Gasteiger partial charge in [-0.2, -0.15) is 0 Å². The average Bonchev–Trinajstić information content (AvgIpc) is 3.21. The normalized spacial score (nSPS) is 17.5. The summed E-state index contributed by atoms with van der Waals surface area (Å²) in [7, 11) is -3.55. The molecule has 1 aliphatic heterocycles. The zero-order valence-electron chi connectivity index (χ0n) is 22.5. The van der Waals surface area contributed by atoms with E-state index in [4.69, 9.17) is 4.74 Å². The van der Waals surface area contributed by atoms with Crippen molar-refractivity contribution in [1.29, 1.82) is 0 Å². The Kier molecular flexibility index (Phi) is 6.60. The van der Waals surface area contributed by atoms with Crippen molar-refractivity contribution in [2.45, 2.75) is 58.5 Å². The number of hydrogen-bond donors (Lipinski definition) is 3. The molecule has 11 heteroatoms. The number of fused-ring (bicyclic) bond motifs is 1. The number of nitrogens with one attached hydrogen (secondary N) is 3. The van der Waals surface area contributed by atoms with Gasteiger partial charge in [-0.3, -0.25) is 4.98 Å². The lowest BCUT2D eigenvalue weighted by atomic mass is 9.84. The Balaban J connectivity index is 1.51.